The molecule has 0 aliphatic heterocycles. The van der Waals surface area contributed by atoms with Crippen molar-refractivity contribution < 1.29 is 42.9 Å². The highest BCUT2D eigenvalue weighted by atomic mass is 16.7. The first-order chi connectivity index (χ1) is 49.6. The Morgan fingerprint density at radius 3 is 0.792 bits per heavy atom. The van der Waals surface area contributed by atoms with Crippen molar-refractivity contribution in [3.8, 4) is 0 Å². The van der Waals surface area contributed by atoms with Crippen molar-refractivity contribution in [1.82, 2.24) is 0 Å². The van der Waals surface area contributed by atoms with Gasteiger partial charge >= 0.3 is 11.9 Å². The Hall–Kier alpha value is -4.83. The maximum Gasteiger partial charge on any atom is 0.306 e. The van der Waals surface area contributed by atoms with Gasteiger partial charge in [0.15, 0.2) is 12.4 Å². The van der Waals surface area contributed by atoms with Crippen LogP contribution in [0.25, 0.3) is 0 Å². The van der Waals surface area contributed by atoms with Crippen LogP contribution in [0.5, 0.6) is 0 Å². The second kappa shape index (κ2) is 80.8. The molecule has 0 saturated carbocycles. The van der Waals surface area contributed by atoms with E-state index in [0.29, 0.717) is 23.9 Å². The van der Waals surface area contributed by atoms with Gasteiger partial charge in [0, 0.05) is 12.8 Å². The van der Waals surface area contributed by atoms with E-state index >= 15 is 0 Å². The fraction of sp³-hybridized carbons (Fsp3) is 0.707. The molecule has 0 N–H and O–H groups in total. The topological polar surface area (TPSA) is 111 Å². The summed E-state index contributed by atoms with van der Waals surface area (Å²) in [6, 6.07) is 0. The molecule has 0 aliphatic rings. The summed E-state index contributed by atoms with van der Waals surface area (Å²) in [5.74, 6) is -2.27. The number of ether oxygens (including phenoxy) is 4. The Labute approximate surface area is 623 Å². The lowest BCUT2D eigenvalue weighted by Gasteiger charge is -2.26. The van der Waals surface area contributed by atoms with Gasteiger partial charge in [-0.15, -0.1) is 0 Å². The van der Waals surface area contributed by atoms with E-state index in [2.05, 4.69) is 160 Å². The molecular formula is C92H157NO8. The molecule has 0 rings (SSSR count). The van der Waals surface area contributed by atoms with E-state index in [9.17, 15) is 19.5 Å². The minimum absolute atomic E-state index is 0.144. The van der Waals surface area contributed by atoms with Gasteiger partial charge in [-0.1, -0.05) is 378 Å². The molecule has 0 saturated heterocycles. The standard InChI is InChI=1S/C92H157NO8/c1-6-8-10-12-14-16-18-20-22-24-26-28-30-32-34-36-38-40-42-44-45-47-48-50-52-54-56-58-60-62-64-66-68-70-72-74-76-78-80-82-89(94)99-86-88(87-100-92(91(96)97)98-85-84-93(3,4)5)101-90(95)83-81-79-77-75-73-71-69-67-65-63-61-59-57-55-53-51-49-46-43-41-39-37-35-33-31-29-27-25-23-21-19-17-15-13-11-9-7-2/h8-11,14-17,20-23,26-29,33,35,39,41,46,49,53,55,88,92H,6-7,12-13,18-19,24-25,30-32,34,36-38,40,42-45,47-48,50-52,54,56-87H2,1-5H3/b10-8-,11-9-,16-14-,17-15-,22-20-,23-21-,28-26-,29-27-,35-33-,41-39-,49-46-,55-53-. The van der Waals surface area contributed by atoms with Gasteiger partial charge in [-0.25, -0.2) is 0 Å². The Morgan fingerprint density at radius 1 is 0.297 bits per heavy atom. The van der Waals surface area contributed by atoms with Crippen LogP contribution < -0.4 is 5.11 Å². The molecule has 0 spiro atoms. The van der Waals surface area contributed by atoms with Crippen molar-refractivity contribution in [2.45, 2.75) is 373 Å². The highest BCUT2D eigenvalue weighted by molar-refractivity contribution is 5.70. The summed E-state index contributed by atoms with van der Waals surface area (Å²) in [5, 5.41) is 11.9. The number of likely N-dealkylation sites (N-methyl/N-ethyl adjacent to an activating group) is 1. The zero-order valence-electron chi connectivity index (χ0n) is 66.2. The lowest BCUT2D eigenvalue weighted by molar-refractivity contribution is -0.870. The number of carboxylic acids is 1. The van der Waals surface area contributed by atoms with Crippen LogP contribution in [0.15, 0.2) is 146 Å². The van der Waals surface area contributed by atoms with E-state index in [0.717, 1.165) is 116 Å². The summed E-state index contributed by atoms with van der Waals surface area (Å²) in [6.45, 7) is 4.55. The van der Waals surface area contributed by atoms with Crippen molar-refractivity contribution in [2.24, 2.45) is 0 Å². The molecule has 0 aromatic carbocycles. The number of hydrogen-bond acceptors (Lipinski definition) is 8. The summed E-state index contributed by atoms with van der Waals surface area (Å²) in [4.78, 5) is 37.7. The smallest absolute Gasteiger partial charge is 0.306 e. The third kappa shape index (κ3) is 82.3. The predicted molar refractivity (Wildman–Crippen MR) is 435 cm³/mol. The molecule has 0 amide bonds. The molecule has 9 nitrogen and oxygen atoms in total. The average molecular weight is 1410 g/mol. The number of carbonyl (C=O) groups is 3. The van der Waals surface area contributed by atoms with Gasteiger partial charge in [0.1, 0.15) is 13.2 Å². The van der Waals surface area contributed by atoms with Crippen LogP contribution >= 0.6 is 0 Å². The average Bonchev–Trinajstić information content (AvgIpc) is 1.25. The van der Waals surface area contributed by atoms with Crippen LogP contribution in [-0.4, -0.2) is 82.3 Å². The van der Waals surface area contributed by atoms with Gasteiger partial charge in [-0.05, 0) is 116 Å². The zero-order chi connectivity index (χ0) is 73.2. The zero-order valence-corrected chi connectivity index (χ0v) is 66.2. The molecule has 0 radical (unpaired) electrons. The lowest BCUT2D eigenvalue weighted by Crippen LogP contribution is -2.44. The lowest BCUT2D eigenvalue weighted by atomic mass is 10.0. The summed E-state index contributed by atoms with van der Waals surface area (Å²) >= 11 is 0. The van der Waals surface area contributed by atoms with Crippen molar-refractivity contribution in [1.29, 1.82) is 0 Å². The van der Waals surface area contributed by atoms with Crippen molar-refractivity contribution in [3.05, 3.63) is 146 Å². The second-order valence-electron chi connectivity index (χ2n) is 29.0. The normalized spacial score (nSPS) is 13.4. The number of carboxylic acid groups (broad SMARTS) is 1. The summed E-state index contributed by atoms with van der Waals surface area (Å²) in [6.07, 6.45) is 116. The number of quaternary nitrogens is 1. The molecule has 0 heterocycles. The van der Waals surface area contributed by atoms with Crippen molar-refractivity contribution in [3.63, 3.8) is 0 Å². The molecular weight excluding hydrogens is 1250 g/mol. The Bertz CT molecular complexity index is 2180. The molecule has 578 valence electrons. The van der Waals surface area contributed by atoms with Crippen LogP contribution in [0, 0.1) is 0 Å². The minimum Gasteiger partial charge on any atom is -0.545 e. The molecule has 101 heavy (non-hydrogen) atoms. The first kappa shape index (κ1) is 96.2. The largest absolute Gasteiger partial charge is 0.545 e. The van der Waals surface area contributed by atoms with Crippen LogP contribution in [0.4, 0.5) is 0 Å². The first-order valence-electron chi connectivity index (χ1n) is 42.0. The number of unbranched alkanes of at least 4 members (excludes halogenated alkanes) is 38. The van der Waals surface area contributed by atoms with Crippen LogP contribution in [-0.2, 0) is 33.3 Å². The van der Waals surface area contributed by atoms with Crippen LogP contribution in [0.3, 0.4) is 0 Å². The number of aliphatic carboxylic acids is 1. The molecule has 9 heteroatoms. The molecule has 2 atom stereocenters. The summed E-state index contributed by atoms with van der Waals surface area (Å²) in [5.41, 5.74) is 0. The van der Waals surface area contributed by atoms with Crippen molar-refractivity contribution >= 4 is 17.9 Å². The fourth-order valence-electron chi connectivity index (χ4n) is 11.8. The number of carbonyl (C=O) groups excluding carboxylic acids is 3. The molecule has 0 bridgehead atoms. The number of nitrogens with zero attached hydrogens (tertiary/aromatic N) is 1. The highest BCUT2D eigenvalue weighted by Crippen LogP contribution is 2.19. The number of allylic oxidation sites excluding steroid dienone is 24. The van der Waals surface area contributed by atoms with E-state index in [1.165, 1.54) is 212 Å². The Kier molecular flexibility index (Phi) is 77.0. The number of rotatable bonds is 77. The number of hydrogen-bond donors (Lipinski definition) is 0. The third-order valence-electron chi connectivity index (χ3n) is 18.1. The van der Waals surface area contributed by atoms with Crippen LogP contribution in [0.1, 0.15) is 361 Å². The van der Waals surface area contributed by atoms with Crippen LogP contribution in [0.2, 0.25) is 0 Å². The van der Waals surface area contributed by atoms with Gasteiger partial charge in [-0.3, -0.25) is 9.59 Å². The summed E-state index contributed by atoms with van der Waals surface area (Å²) < 4.78 is 22.9. The van der Waals surface area contributed by atoms with E-state index in [1.54, 1.807) is 0 Å². The maximum atomic E-state index is 13.0. The molecule has 0 aromatic rings. The quantitative estimate of drug-likeness (QED) is 0.0195. The van der Waals surface area contributed by atoms with Gasteiger partial charge in [0.2, 0.25) is 0 Å². The Balaban J connectivity index is 4.00. The van der Waals surface area contributed by atoms with Crippen molar-refractivity contribution in [2.75, 3.05) is 47.5 Å². The van der Waals surface area contributed by atoms with Gasteiger partial charge in [0.25, 0.3) is 0 Å². The van der Waals surface area contributed by atoms with Gasteiger partial charge in [0.05, 0.1) is 40.3 Å². The molecule has 0 aliphatic carbocycles. The Morgan fingerprint density at radius 2 is 0.535 bits per heavy atom. The highest BCUT2D eigenvalue weighted by Gasteiger charge is 2.22. The number of esters is 2. The fourth-order valence-corrected chi connectivity index (χ4v) is 11.8. The summed E-state index contributed by atoms with van der Waals surface area (Å²) in [7, 11) is 5.94. The van der Waals surface area contributed by atoms with E-state index < -0.39 is 24.3 Å². The SMILES string of the molecule is CC/C=C\C/C=C\C/C=C\C/C=C\C/C=C\C/C=C\C/C=C\C/C=C\CCCCCCCCCCCCCCC(=O)OC(COC(=O)CCCCCCCCCCCCCCCCCCCCCCCCCCCC/C=C\C/C=C\C/C=C\C/C=C\CC)COC(OCC[N+](C)(C)C)C(=O)[O-]. The predicted octanol–water partition coefficient (Wildman–Crippen LogP) is 26.0. The third-order valence-corrected chi connectivity index (χ3v) is 18.1. The monoisotopic (exact) mass is 1400 g/mol. The maximum absolute atomic E-state index is 13.0. The molecule has 2 unspecified atom stereocenters. The van der Waals surface area contributed by atoms with E-state index in [-0.39, 0.29) is 32.2 Å². The molecule has 0 aromatic heterocycles. The first-order valence-corrected chi connectivity index (χ1v) is 42.0. The van der Waals surface area contributed by atoms with Gasteiger partial charge in [-0.2, -0.15) is 0 Å². The second-order valence-corrected chi connectivity index (χ2v) is 29.0. The molecule has 0 fully saturated rings. The van der Waals surface area contributed by atoms with E-state index in [4.69, 9.17) is 18.9 Å². The minimum atomic E-state index is -1.63. The van der Waals surface area contributed by atoms with E-state index in [1.807, 2.05) is 21.1 Å². The van der Waals surface area contributed by atoms with Gasteiger partial charge < -0.3 is 33.3 Å².